The molecule has 3 rings (SSSR count). The third kappa shape index (κ3) is 3.52. The van der Waals surface area contributed by atoms with E-state index in [1.807, 2.05) is 34.5 Å². The van der Waals surface area contributed by atoms with E-state index in [2.05, 4.69) is 29.6 Å². The molecule has 0 bridgehead atoms. The lowest BCUT2D eigenvalue weighted by molar-refractivity contribution is 0.364. The molecule has 0 aromatic carbocycles. The van der Waals surface area contributed by atoms with Crippen LogP contribution in [0.5, 0.6) is 0 Å². The molecule has 1 aliphatic rings. The topological polar surface area (TPSA) is 42.7 Å². The molecule has 1 N–H and O–H groups in total. The van der Waals surface area contributed by atoms with E-state index >= 15 is 0 Å². The Kier molecular flexibility index (Phi) is 4.70. The van der Waals surface area contributed by atoms with E-state index in [0.29, 0.717) is 12.1 Å². The Labute approximate surface area is 130 Å². The number of rotatable bonds is 6. The number of nitrogens with one attached hydrogen (secondary N) is 1. The smallest absolute Gasteiger partial charge is 0.0959 e. The fourth-order valence-electron chi connectivity index (χ4n) is 2.95. The summed E-state index contributed by atoms with van der Waals surface area (Å²) in [4.78, 5) is 4.82. The standard InChI is InChI=1S/C16H24N4S/c1-12(13(2)20-9-5-8-18-20)17-10-15-11-21-16(19-15)14-6-3-4-7-14/h5,8-9,11-14,17H,3-4,6-7,10H2,1-2H3. The lowest BCUT2D eigenvalue weighted by Gasteiger charge is -2.21. The summed E-state index contributed by atoms with van der Waals surface area (Å²) in [5.74, 6) is 0.726. The second-order valence-electron chi connectivity index (χ2n) is 6.05. The molecule has 2 unspecified atom stereocenters. The van der Waals surface area contributed by atoms with E-state index < -0.39 is 0 Å². The van der Waals surface area contributed by atoms with Crippen molar-refractivity contribution in [2.45, 2.75) is 64.1 Å². The Balaban J connectivity index is 1.52. The van der Waals surface area contributed by atoms with E-state index in [1.54, 1.807) is 0 Å². The van der Waals surface area contributed by atoms with Crippen LogP contribution in [0, 0.1) is 0 Å². The van der Waals surface area contributed by atoms with Crippen LogP contribution in [0.25, 0.3) is 0 Å². The van der Waals surface area contributed by atoms with Gasteiger partial charge in [0.15, 0.2) is 0 Å². The molecule has 2 atom stereocenters. The summed E-state index contributed by atoms with van der Waals surface area (Å²) in [6, 6.07) is 2.67. The summed E-state index contributed by atoms with van der Waals surface area (Å²) in [5, 5.41) is 11.4. The average molecular weight is 304 g/mol. The van der Waals surface area contributed by atoms with Crippen molar-refractivity contribution in [1.29, 1.82) is 0 Å². The van der Waals surface area contributed by atoms with Gasteiger partial charge in [0.2, 0.25) is 0 Å². The van der Waals surface area contributed by atoms with Crippen LogP contribution < -0.4 is 5.32 Å². The van der Waals surface area contributed by atoms with Crippen molar-refractivity contribution in [3.05, 3.63) is 34.5 Å². The molecular weight excluding hydrogens is 280 g/mol. The quantitative estimate of drug-likeness (QED) is 0.884. The second-order valence-corrected chi connectivity index (χ2v) is 6.94. The summed E-state index contributed by atoms with van der Waals surface area (Å²) in [5.41, 5.74) is 1.18. The van der Waals surface area contributed by atoms with E-state index in [1.165, 1.54) is 36.4 Å². The van der Waals surface area contributed by atoms with Crippen LogP contribution in [0.4, 0.5) is 0 Å². The molecule has 1 fully saturated rings. The molecule has 1 aliphatic carbocycles. The Morgan fingerprint density at radius 1 is 1.38 bits per heavy atom. The highest BCUT2D eigenvalue weighted by Gasteiger charge is 2.20. The van der Waals surface area contributed by atoms with Gasteiger partial charge in [-0.2, -0.15) is 5.10 Å². The molecule has 0 amide bonds. The minimum Gasteiger partial charge on any atom is -0.306 e. The van der Waals surface area contributed by atoms with E-state index in [0.717, 1.165) is 12.5 Å². The molecule has 5 heteroatoms. The van der Waals surface area contributed by atoms with Crippen molar-refractivity contribution < 1.29 is 0 Å². The van der Waals surface area contributed by atoms with Gasteiger partial charge in [-0.3, -0.25) is 4.68 Å². The molecule has 0 saturated heterocycles. The maximum atomic E-state index is 4.82. The van der Waals surface area contributed by atoms with Gasteiger partial charge >= 0.3 is 0 Å². The molecule has 21 heavy (non-hydrogen) atoms. The lowest BCUT2D eigenvalue weighted by atomic mass is 10.1. The fraction of sp³-hybridized carbons (Fsp3) is 0.625. The molecule has 1 saturated carbocycles. The summed E-state index contributed by atoms with van der Waals surface area (Å²) in [7, 11) is 0. The first-order valence-corrected chi connectivity index (χ1v) is 8.79. The molecule has 2 aromatic heterocycles. The summed E-state index contributed by atoms with van der Waals surface area (Å²) < 4.78 is 2.00. The summed E-state index contributed by atoms with van der Waals surface area (Å²) >= 11 is 1.84. The van der Waals surface area contributed by atoms with Gasteiger partial charge in [0.25, 0.3) is 0 Å². The second kappa shape index (κ2) is 6.71. The zero-order chi connectivity index (χ0) is 14.7. The third-order valence-electron chi connectivity index (χ3n) is 4.54. The maximum Gasteiger partial charge on any atom is 0.0959 e. The van der Waals surface area contributed by atoms with Gasteiger partial charge in [-0.25, -0.2) is 4.98 Å². The van der Waals surface area contributed by atoms with Crippen LogP contribution >= 0.6 is 11.3 Å². The normalized spacial score (nSPS) is 19.0. The Hall–Kier alpha value is -1.20. The predicted molar refractivity (Wildman–Crippen MR) is 86.6 cm³/mol. The van der Waals surface area contributed by atoms with Crippen LogP contribution in [0.15, 0.2) is 23.8 Å². The van der Waals surface area contributed by atoms with Gasteiger partial charge in [-0.1, -0.05) is 12.8 Å². The van der Waals surface area contributed by atoms with Crippen molar-refractivity contribution in [3.8, 4) is 0 Å². The van der Waals surface area contributed by atoms with Gasteiger partial charge in [0.1, 0.15) is 0 Å². The molecule has 114 valence electrons. The van der Waals surface area contributed by atoms with Crippen molar-refractivity contribution in [2.75, 3.05) is 0 Å². The Morgan fingerprint density at radius 2 is 2.19 bits per heavy atom. The highest BCUT2D eigenvalue weighted by molar-refractivity contribution is 7.09. The first kappa shape index (κ1) is 14.7. The minimum absolute atomic E-state index is 0.341. The largest absolute Gasteiger partial charge is 0.306 e. The number of hydrogen-bond donors (Lipinski definition) is 1. The van der Waals surface area contributed by atoms with Gasteiger partial charge in [0.05, 0.1) is 16.7 Å². The molecule has 0 radical (unpaired) electrons. The van der Waals surface area contributed by atoms with Gasteiger partial charge in [0, 0.05) is 36.3 Å². The van der Waals surface area contributed by atoms with Crippen LogP contribution in [0.1, 0.15) is 62.2 Å². The van der Waals surface area contributed by atoms with Gasteiger partial charge < -0.3 is 5.32 Å². The van der Waals surface area contributed by atoms with Crippen molar-refractivity contribution >= 4 is 11.3 Å². The van der Waals surface area contributed by atoms with Gasteiger partial charge in [-0.15, -0.1) is 11.3 Å². The van der Waals surface area contributed by atoms with Crippen LogP contribution in [-0.2, 0) is 6.54 Å². The minimum atomic E-state index is 0.341. The SMILES string of the molecule is CC(NCc1csc(C2CCCC2)n1)C(C)n1cccn1. The van der Waals surface area contributed by atoms with Gasteiger partial charge in [-0.05, 0) is 32.8 Å². The average Bonchev–Trinajstić information content (AvgIpc) is 3.25. The van der Waals surface area contributed by atoms with Crippen molar-refractivity contribution in [2.24, 2.45) is 0 Å². The molecular formula is C16H24N4S. The van der Waals surface area contributed by atoms with Crippen molar-refractivity contribution in [1.82, 2.24) is 20.1 Å². The number of nitrogens with zero attached hydrogens (tertiary/aromatic N) is 3. The third-order valence-corrected chi connectivity index (χ3v) is 5.60. The van der Waals surface area contributed by atoms with E-state index in [4.69, 9.17) is 4.98 Å². The number of aromatic nitrogens is 3. The van der Waals surface area contributed by atoms with Crippen molar-refractivity contribution in [3.63, 3.8) is 0 Å². The zero-order valence-electron chi connectivity index (χ0n) is 12.8. The first-order chi connectivity index (χ1) is 10.2. The monoisotopic (exact) mass is 304 g/mol. The molecule has 0 spiro atoms. The Bertz CT molecular complexity index is 542. The zero-order valence-corrected chi connectivity index (χ0v) is 13.6. The Morgan fingerprint density at radius 3 is 2.90 bits per heavy atom. The number of thiazole rings is 1. The van der Waals surface area contributed by atoms with Crippen LogP contribution in [0.2, 0.25) is 0 Å². The van der Waals surface area contributed by atoms with Crippen LogP contribution in [0.3, 0.4) is 0 Å². The highest BCUT2D eigenvalue weighted by atomic mass is 32.1. The molecule has 2 aromatic rings. The molecule has 0 aliphatic heterocycles. The van der Waals surface area contributed by atoms with Crippen LogP contribution in [-0.4, -0.2) is 20.8 Å². The lowest BCUT2D eigenvalue weighted by Crippen LogP contribution is -2.33. The number of hydrogen-bond acceptors (Lipinski definition) is 4. The summed E-state index contributed by atoms with van der Waals surface area (Å²) in [6.45, 7) is 5.24. The van der Waals surface area contributed by atoms with E-state index in [9.17, 15) is 0 Å². The summed E-state index contributed by atoms with van der Waals surface area (Å²) in [6.07, 6.45) is 9.24. The first-order valence-electron chi connectivity index (χ1n) is 7.91. The molecule has 2 heterocycles. The predicted octanol–water partition coefficient (Wildman–Crippen LogP) is 3.74. The maximum absolute atomic E-state index is 4.82. The molecule has 4 nitrogen and oxygen atoms in total. The highest BCUT2D eigenvalue weighted by Crippen LogP contribution is 2.35. The fourth-order valence-corrected chi connectivity index (χ4v) is 3.94. The van der Waals surface area contributed by atoms with E-state index in [-0.39, 0.29) is 0 Å².